The van der Waals surface area contributed by atoms with Crippen molar-refractivity contribution in [2.45, 2.75) is 0 Å². The van der Waals surface area contributed by atoms with Crippen LogP contribution >= 0.6 is 30.7 Å². The molecule has 0 aromatic carbocycles. The van der Waals surface area contributed by atoms with E-state index in [2.05, 4.69) is 0 Å². The summed E-state index contributed by atoms with van der Waals surface area (Å²) in [5.41, 5.74) is 0. The van der Waals surface area contributed by atoms with Crippen molar-refractivity contribution in [3.05, 3.63) is 0 Å². The smallest absolute Gasteiger partial charge is 0.240 e. The maximum absolute atomic E-state index is 10.3. The summed E-state index contributed by atoms with van der Waals surface area (Å²) in [5.74, 6) is 0. The van der Waals surface area contributed by atoms with E-state index in [1.165, 1.54) is 0 Å². The molecule has 0 N–H and O–H groups in total. The first kappa shape index (κ1) is 7.79. The molecule has 1 unspecified atom stereocenters. The molecule has 0 spiro atoms. The highest BCUT2D eigenvalue weighted by atomic mass is 127. The number of hydrogen-bond donors (Lipinski definition) is 0. The van der Waals surface area contributed by atoms with Crippen molar-refractivity contribution in [3.8, 4) is 0 Å². The van der Waals surface area contributed by atoms with Crippen molar-refractivity contribution < 1.29 is 9.32 Å². The Labute approximate surface area is 57.6 Å². The van der Waals surface area contributed by atoms with Gasteiger partial charge in [-0.2, -0.15) is 0 Å². The van der Waals surface area contributed by atoms with Gasteiger partial charge in [0.05, 0.1) is 0 Å². The normalized spacial score (nSPS) is 13.6. The minimum Gasteiger partial charge on any atom is -0.354 e. The van der Waals surface area contributed by atoms with E-state index in [4.69, 9.17) is 4.52 Å². The standard InChI is InChI=1S/C3H6IO2P/c1-6-7(2)3(4)5/h1-2H3. The van der Waals surface area contributed by atoms with Crippen molar-refractivity contribution >= 4 is 34.3 Å². The zero-order valence-corrected chi connectivity index (χ0v) is 7.19. The fraction of sp³-hybridized carbons (Fsp3) is 0.667. The molecule has 0 saturated heterocycles. The molecule has 42 valence electrons. The van der Waals surface area contributed by atoms with E-state index in [0.717, 1.165) is 0 Å². The van der Waals surface area contributed by atoms with Gasteiger partial charge in [-0.15, -0.1) is 0 Å². The fourth-order valence-electron chi connectivity index (χ4n) is 0.0718. The monoisotopic (exact) mass is 232 g/mol. The van der Waals surface area contributed by atoms with Gasteiger partial charge in [0.2, 0.25) is 3.53 Å². The zero-order chi connectivity index (χ0) is 5.86. The molecule has 0 aromatic heterocycles. The molecule has 0 heterocycles. The van der Waals surface area contributed by atoms with E-state index < -0.39 is 8.15 Å². The number of hydrogen-bond acceptors (Lipinski definition) is 2. The van der Waals surface area contributed by atoms with Crippen LogP contribution in [-0.4, -0.2) is 17.3 Å². The van der Waals surface area contributed by atoms with Crippen LogP contribution in [0.15, 0.2) is 0 Å². The van der Waals surface area contributed by atoms with Crippen molar-refractivity contribution in [2.75, 3.05) is 13.8 Å². The Morgan fingerprint density at radius 3 is 2.29 bits per heavy atom. The number of halogens is 1. The van der Waals surface area contributed by atoms with E-state index in [9.17, 15) is 4.79 Å². The van der Waals surface area contributed by atoms with Gasteiger partial charge in [-0.1, -0.05) is 0 Å². The van der Waals surface area contributed by atoms with Crippen LogP contribution < -0.4 is 0 Å². The van der Waals surface area contributed by atoms with Crippen LogP contribution in [-0.2, 0) is 4.52 Å². The molecule has 0 saturated carbocycles. The average molecular weight is 232 g/mol. The lowest BCUT2D eigenvalue weighted by molar-refractivity contribution is 0.275. The van der Waals surface area contributed by atoms with Crippen molar-refractivity contribution in [1.29, 1.82) is 0 Å². The molecule has 0 aliphatic carbocycles. The van der Waals surface area contributed by atoms with Gasteiger partial charge in [0, 0.05) is 29.7 Å². The third kappa shape index (κ3) is 3.38. The third-order valence-corrected chi connectivity index (χ3v) is 3.60. The van der Waals surface area contributed by atoms with Gasteiger partial charge >= 0.3 is 0 Å². The Morgan fingerprint density at radius 1 is 1.86 bits per heavy atom. The van der Waals surface area contributed by atoms with Gasteiger partial charge in [-0.3, -0.25) is 4.79 Å². The molecule has 0 aliphatic heterocycles. The molecule has 0 aromatic rings. The average Bonchev–Trinajstić information content (AvgIpc) is 1.65. The minimum absolute atomic E-state index is 0.107. The van der Waals surface area contributed by atoms with Crippen LogP contribution in [0.1, 0.15) is 0 Å². The maximum atomic E-state index is 10.3. The Bertz CT molecular complexity index is 75.3. The summed E-state index contributed by atoms with van der Waals surface area (Å²) in [6.45, 7) is 1.78. The third-order valence-electron chi connectivity index (χ3n) is 0.521. The van der Waals surface area contributed by atoms with E-state index in [-0.39, 0.29) is 3.53 Å². The van der Waals surface area contributed by atoms with Crippen LogP contribution in [0.5, 0.6) is 0 Å². The summed E-state index contributed by atoms with van der Waals surface area (Å²) in [5, 5.41) is 0. The van der Waals surface area contributed by atoms with Crippen LogP contribution in [0, 0.1) is 0 Å². The summed E-state index contributed by atoms with van der Waals surface area (Å²) < 4.78 is 4.83. The van der Waals surface area contributed by atoms with Crippen molar-refractivity contribution in [1.82, 2.24) is 0 Å². The second kappa shape index (κ2) is 3.75. The molecule has 0 amide bonds. The summed E-state index contributed by atoms with van der Waals surface area (Å²) >= 11 is 1.73. The molecular weight excluding hydrogens is 226 g/mol. The van der Waals surface area contributed by atoms with E-state index >= 15 is 0 Å². The lowest BCUT2D eigenvalue weighted by Crippen LogP contribution is -1.79. The highest BCUT2D eigenvalue weighted by molar-refractivity contribution is 14.1. The first-order valence-electron chi connectivity index (χ1n) is 1.65. The Balaban J connectivity index is 3.34. The lowest BCUT2D eigenvalue weighted by atomic mass is 11.8. The predicted octanol–water partition coefficient (Wildman–Crippen LogP) is 2.21. The highest BCUT2D eigenvalue weighted by Crippen LogP contribution is 2.35. The number of carbonyl (C=O) groups excluding carboxylic acids is 1. The number of rotatable bonds is 2. The molecule has 1 atom stereocenters. The first-order chi connectivity index (χ1) is 3.18. The first-order valence-corrected chi connectivity index (χ1v) is 4.44. The van der Waals surface area contributed by atoms with E-state index in [1.807, 2.05) is 0 Å². The van der Waals surface area contributed by atoms with Gasteiger partial charge in [-0.25, -0.2) is 0 Å². The maximum Gasteiger partial charge on any atom is 0.240 e. The lowest BCUT2D eigenvalue weighted by Gasteiger charge is -1.98. The molecule has 0 rings (SSSR count). The van der Waals surface area contributed by atoms with Crippen molar-refractivity contribution in [3.63, 3.8) is 0 Å². The van der Waals surface area contributed by atoms with E-state index in [1.54, 1.807) is 36.4 Å². The quantitative estimate of drug-likeness (QED) is 0.414. The molecule has 0 radical (unpaired) electrons. The van der Waals surface area contributed by atoms with Crippen molar-refractivity contribution in [2.24, 2.45) is 0 Å². The largest absolute Gasteiger partial charge is 0.354 e. The van der Waals surface area contributed by atoms with Gasteiger partial charge < -0.3 is 4.52 Å². The number of carbonyl (C=O) groups is 1. The molecule has 7 heavy (non-hydrogen) atoms. The summed E-state index contributed by atoms with van der Waals surface area (Å²) in [6, 6.07) is 0. The van der Waals surface area contributed by atoms with Crippen LogP contribution in [0.25, 0.3) is 0 Å². The molecule has 0 aliphatic rings. The molecule has 2 nitrogen and oxygen atoms in total. The van der Waals surface area contributed by atoms with Crippen LogP contribution in [0.4, 0.5) is 4.79 Å². The Morgan fingerprint density at radius 2 is 2.29 bits per heavy atom. The molecule has 0 fully saturated rings. The summed E-state index contributed by atoms with van der Waals surface area (Å²) in [7, 11) is 0.754. The zero-order valence-electron chi connectivity index (χ0n) is 4.14. The van der Waals surface area contributed by atoms with E-state index in [0.29, 0.717) is 0 Å². The second-order valence-electron chi connectivity index (χ2n) is 0.933. The molecule has 0 bridgehead atoms. The minimum atomic E-state index is -0.790. The predicted molar refractivity (Wildman–Crippen MR) is 39.3 cm³/mol. The second-order valence-corrected chi connectivity index (χ2v) is 4.53. The van der Waals surface area contributed by atoms with Crippen LogP contribution in [0.2, 0.25) is 0 Å². The fourth-order valence-corrected chi connectivity index (χ4v) is 0.806. The van der Waals surface area contributed by atoms with Gasteiger partial charge in [0.1, 0.15) is 8.15 Å². The van der Waals surface area contributed by atoms with Gasteiger partial charge in [0.15, 0.2) is 0 Å². The topological polar surface area (TPSA) is 26.3 Å². The van der Waals surface area contributed by atoms with Gasteiger partial charge in [0.25, 0.3) is 0 Å². The molecule has 4 heteroatoms. The Hall–Kier alpha value is 0.790. The summed E-state index contributed by atoms with van der Waals surface area (Å²) in [6.07, 6.45) is 0. The highest BCUT2D eigenvalue weighted by Gasteiger charge is 2.04. The Kier molecular flexibility index (Phi) is 4.17. The van der Waals surface area contributed by atoms with Gasteiger partial charge in [-0.05, 0) is 6.66 Å². The molecular formula is C3H6IO2P. The SMILES string of the molecule is COP(C)C(=O)I. The van der Waals surface area contributed by atoms with Crippen LogP contribution in [0.3, 0.4) is 0 Å². The summed E-state index contributed by atoms with van der Waals surface area (Å²) in [4.78, 5) is 10.3.